The van der Waals surface area contributed by atoms with E-state index in [4.69, 9.17) is 9.84 Å². The molecule has 0 fully saturated rings. The highest BCUT2D eigenvalue weighted by Crippen LogP contribution is 2.09. The summed E-state index contributed by atoms with van der Waals surface area (Å²) in [5, 5.41) is 11.0. The Balaban J connectivity index is 1.80. The molecule has 3 N–H and O–H groups in total. The standard InChI is InChI=1S/C19H18N2O6S/c22-18(23)13-21-28(25,26)17-10-8-15(9-11-17)7-4-12-20-19(24)27-14-16-5-2-1-3-6-16/h1-3,5-6,8-11,21H,12-14H2,(H,20,24)(H,22,23). The Morgan fingerprint density at radius 1 is 1.04 bits per heavy atom. The van der Waals surface area contributed by atoms with Crippen molar-refractivity contribution in [3.8, 4) is 11.8 Å². The first kappa shape index (κ1) is 21.0. The molecule has 0 aliphatic rings. The summed E-state index contributed by atoms with van der Waals surface area (Å²) in [4.78, 5) is 22.0. The maximum atomic E-state index is 11.9. The van der Waals surface area contributed by atoms with Crippen LogP contribution >= 0.6 is 0 Å². The van der Waals surface area contributed by atoms with Gasteiger partial charge in [0.2, 0.25) is 10.0 Å². The van der Waals surface area contributed by atoms with Crippen LogP contribution in [0.3, 0.4) is 0 Å². The summed E-state index contributed by atoms with van der Waals surface area (Å²) in [6.07, 6.45) is -0.593. The molecule has 28 heavy (non-hydrogen) atoms. The maximum Gasteiger partial charge on any atom is 0.408 e. The van der Waals surface area contributed by atoms with Gasteiger partial charge in [-0.15, -0.1) is 0 Å². The topological polar surface area (TPSA) is 122 Å². The molecule has 1 amide bonds. The van der Waals surface area contributed by atoms with E-state index in [1.807, 2.05) is 35.1 Å². The van der Waals surface area contributed by atoms with Crippen molar-refractivity contribution >= 4 is 22.1 Å². The zero-order valence-electron chi connectivity index (χ0n) is 14.7. The first-order valence-corrected chi connectivity index (χ1v) is 9.60. The third kappa shape index (κ3) is 7.11. The highest BCUT2D eigenvalue weighted by molar-refractivity contribution is 7.89. The molecule has 0 saturated heterocycles. The predicted octanol–water partition coefficient (Wildman–Crippen LogP) is 1.33. The molecule has 0 unspecified atom stereocenters. The van der Waals surface area contributed by atoms with Crippen LogP contribution in [0.4, 0.5) is 4.79 Å². The summed E-state index contributed by atoms with van der Waals surface area (Å²) >= 11 is 0. The van der Waals surface area contributed by atoms with Gasteiger partial charge in [0.15, 0.2) is 0 Å². The Morgan fingerprint density at radius 2 is 1.71 bits per heavy atom. The number of hydrogen-bond donors (Lipinski definition) is 3. The van der Waals surface area contributed by atoms with Gasteiger partial charge in [0, 0.05) is 5.56 Å². The molecule has 0 aliphatic carbocycles. The fourth-order valence-electron chi connectivity index (χ4n) is 1.99. The number of nitrogens with one attached hydrogen (secondary N) is 2. The predicted molar refractivity (Wildman–Crippen MR) is 101 cm³/mol. The minimum atomic E-state index is -3.89. The number of carboxylic acid groups (broad SMARTS) is 1. The Hall–Kier alpha value is -3.35. The smallest absolute Gasteiger partial charge is 0.408 e. The number of rotatable bonds is 7. The monoisotopic (exact) mass is 402 g/mol. The van der Waals surface area contributed by atoms with Crippen LogP contribution in [0, 0.1) is 11.8 Å². The lowest BCUT2D eigenvalue weighted by Crippen LogP contribution is -2.29. The lowest BCUT2D eigenvalue weighted by atomic mass is 10.2. The molecule has 0 spiro atoms. The second-order valence-electron chi connectivity index (χ2n) is 5.46. The average molecular weight is 402 g/mol. The van der Waals surface area contributed by atoms with E-state index in [1.54, 1.807) is 0 Å². The first-order valence-electron chi connectivity index (χ1n) is 8.12. The van der Waals surface area contributed by atoms with E-state index < -0.39 is 28.6 Å². The molecule has 2 aromatic carbocycles. The van der Waals surface area contributed by atoms with Gasteiger partial charge in [0.05, 0.1) is 11.4 Å². The number of carboxylic acids is 1. The molecule has 0 heterocycles. The molecular formula is C19H18N2O6S. The second kappa shape index (κ2) is 10.1. The van der Waals surface area contributed by atoms with Crippen LogP contribution in [0.25, 0.3) is 0 Å². The van der Waals surface area contributed by atoms with Crippen LogP contribution in [-0.4, -0.2) is 38.7 Å². The number of carbonyl (C=O) groups is 2. The SMILES string of the molecule is O=C(O)CNS(=O)(=O)c1ccc(C#CCNC(=O)OCc2ccccc2)cc1. The Kier molecular flexibility index (Phi) is 7.56. The molecule has 0 saturated carbocycles. The molecule has 0 aromatic heterocycles. The molecule has 2 rings (SSSR count). The van der Waals surface area contributed by atoms with Crippen LogP contribution in [0.15, 0.2) is 59.5 Å². The number of ether oxygens (including phenoxy) is 1. The average Bonchev–Trinajstić information content (AvgIpc) is 2.69. The maximum absolute atomic E-state index is 11.9. The number of benzene rings is 2. The van der Waals surface area contributed by atoms with Crippen LogP contribution in [0.2, 0.25) is 0 Å². The molecule has 0 aliphatic heterocycles. The van der Waals surface area contributed by atoms with Crippen molar-refractivity contribution in [2.24, 2.45) is 0 Å². The summed E-state index contributed by atoms with van der Waals surface area (Å²) in [7, 11) is -3.89. The highest BCUT2D eigenvalue weighted by Gasteiger charge is 2.14. The van der Waals surface area contributed by atoms with Crippen LogP contribution in [0.5, 0.6) is 0 Å². The Bertz CT molecular complexity index is 977. The normalized spacial score (nSPS) is 10.4. The quantitative estimate of drug-likeness (QED) is 0.601. The van der Waals surface area contributed by atoms with Crippen molar-refractivity contribution in [3.05, 3.63) is 65.7 Å². The van der Waals surface area contributed by atoms with Crippen molar-refractivity contribution in [3.63, 3.8) is 0 Å². The molecule has 9 heteroatoms. The summed E-state index contributed by atoms with van der Waals surface area (Å²) in [6.45, 7) is -0.476. The van der Waals surface area contributed by atoms with E-state index in [9.17, 15) is 18.0 Å². The zero-order chi connectivity index (χ0) is 20.4. The van der Waals surface area contributed by atoms with Crippen molar-refractivity contribution in [1.82, 2.24) is 10.0 Å². The van der Waals surface area contributed by atoms with Crippen molar-refractivity contribution in [2.45, 2.75) is 11.5 Å². The zero-order valence-corrected chi connectivity index (χ0v) is 15.5. The van der Waals surface area contributed by atoms with E-state index in [2.05, 4.69) is 17.2 Å². The third-order valence-corrected chi connectivity index (χ3v) is 4.76. The molecule has 0 atom stereocenters. The van der Waals surface area contributed by atoms with Crippen LogP contribution < -0.4 is 10.0 Å². The summed E-state index contributed by atoms with van der Waals surface area (Å²) in [6, 6.07) is 14.8. The lowest BCUT2D eigenvalue weighted by Gasteiger charge is -2.04. The van der Waals surface area contributed by atoms with E-state index >= 15 is 0 Å². The second-order valence-corrected chi connectivity index (χ2v) is 7.23. The fourth-order valence-corrected chi connectivity index (χ4v) is 2.97. The summed E-state index contributed by atoms with van der Waals surface area (Å²) in [5.74, 6) is 4.22. The number of carbonyl (C=O) groups excluding carboxylic acids is 1. The van der Waals surface area contributed by atoms with Gasteiger partial charge < -0.3 is 15.2 Å². The molecular weight excluding hydrogens is 384 g/mol. The first-order chi connectivity index (χ1) is 13.4. The highest BCUT2D eigenvalue weighted by atomic mass is 32.2. The van der Waals surface area contributed by atoms with Crippen molar-refractivity contribution < 1.29 is 27.9 Å². The van der Waals surface area contributed by atoms with Gasteiger partial charge >= 0.3 is 12.1 Å². The summed E-state index contributed by atoms with van der Waals surface area (Å²) in [5.41, 5.74) is 1.41. The number of hydrogen-bond acceptors (Lipinski definition) is 5. The van der Waals surface area contributed by atoms with Gasteiger partial charge in [-0.1, -0.05) is 42.2 Å². The third-order valence-electron chi connectivity index (χ3n) is 3.34. The van der Waals surface area contributed by atoms with E-state index in [-0.39, 0.29) is 18.0 Å². The number of alkyl carbamates (subject to hydrolysis) is 1. The number of aliphatic carboxylic acids is 1. The van der Waals surface area contributed by atoms with Gasteiger partial charge in [-0.3, -0.25) is 4.79 Å². The number of sulfonamides is 1. The molecule has 8 nitrogen and oxygen atoms in total. The molecule has 0 bridgehead atoms. The summed E-state index contributed by atoms with van der Waals surface area (Å²) < 4.78 is 30.7. The minimum Gasteiger partial charge on any atom is -0.480 e. The number of amides is 1. The van der Waals surface area contributed by atoms with E-state index in [0.29, 0.717) is 5.56 Å². The van der Waals surface area contributed by atoms with E-state index in [1.165, 1.54) is 24.3 Å². The van der Waals surface area contributed by atoms with Crippen LogP contribution in [-0.2, 0) is 26.2 Å². The van der Waals surface area contributed by atoms with Gasteiger partial charge in [-0.25, -0.2) is 13.2 Å². The van der Waals surface area contributed by atoms with Crippen molar-refractivity contribution in [1.29, 1.82) is 0 Å². The molecule has 0 radical (unpaired) electrons. The van der Waals surface area contributed by atoms with Crippen molar-refractivity contribution in [2.75, 3.05) is 13.1 Å². The largest absolute Gasteiger partial charge is 0.480 e. The van der Waals surface area contributed by atoms with Gasteiger partial charge in [0.1, 0.15) is 13.2 Å². The Morgan fingerprint density at radius 3 is 2.36 bits per heavy atom. The lowest BCUT2D eigenvalue weighted by molar-refractivity contribution is -0.135. The van der Waals surface area contributed by atoms with Gasteiger partial charge in [-0.05, 0) is 29.8 Å². The Labute approximate surface area is 162 Å². The van der Waals surface area contributed by atoms with Gasteiger partial charge in [-0.2, -0.15) is 4.72 Å². The minimum absolute atomic E-state index is 0.0633. The van der Waals surface area contributed by atoms with E-state index in [0.717, 1.165) is 5.56 Å². The fraction of sp³-hybridized carbons (Fsp3) is 0.158. The molecule has 2 aromatic rings. The van der Waals surface area contributed by atoms with Gasteiger partial charge in [0.25, 0.3) is 0 Å². The van der Waals surface area contributed by atoms with Crippen LogP contribution in [0.1, 0.15) is 11.1 Å². The molecule has 146 valence electrons.